The fraction of sp³-hybridized carbons (Fsp3) is 0.654. The van der Waals surface area contributed by atoms with E-state index in [1.165, 1.54) is 0 Å². The number of alkyl halides is 1. The third-order valence-corrected chi connectivity index (χ3v) is 8.69. The van der Waals surface area contributed by atoms with Crippen LogP contribution in [-0.2, 0) is 16.1 Å². The molecule has 4 aliphatic carbocycles. The number of likely N-dealkylation sites (N-methyl/N-ethyl adjacent to an activating group) is 1. The monoisotopic (exact) mass is 469 g/mol. The van der Waals surface area contributed by atoms with Crippen molar-refractivity contribution < 1.29 is 23.5 Å². The second-order valence-corrected chi connectivity index (χ2v) is 11.1. The molecule has 2 heterocycles. The number of imide groups is 1. The normalized spacial score (nSPS) is 36.3. The van der Waals surface area contributed by atoms with Gasteiger partial charge in [0.05, 0.1) is 0 Å². The number of ether oxygens (including phenoxy) is 1. The number of halogens is 1. The van der Waals surface area contributed by atoms with Gasteiger partial charge in [0.1, 0.15) is 23.6 Å². The standard InChI is InChI=1S/C26H32FN3O4/c1-2-29(15-25-12-26(27,13-25)14-25)19-4-3-5-21(19)34-17-6-7-18-16(10-17)11-30(24(18)33)20-8-9-22(31)28-23(20)32/h6-7,10,19-21H,2-5,8-9,11-15H2,1H3,(H,28,31,32)/t19-,20?,21-,25?,26?/m1/s1. The molecule has 2 bridgehead atoms. The van der Waals surface area contributed by atoms with Gasteiger partial charge in [-0.25, -0.2) is 4.39 Å². The van der Waals surface area contributed by atoms with E-state index in [0.29, 0.717) is 24.6 Å². The Morgan fingerprint density at radius 1 is 1.18 bits per heavy atom. The van der Waals surface area contributed by atoms with Gasteiger partial charge in [-0.2, -0.15) is 0 Å². The molecule has 6 aliphatic rings. The fourth-order valence-electron chi connectivity index (χ4n) is 7.18. The lowest BCUT2D eigenvalue weighted by Crippen LogP contribution is -2.68. The summed E-state index contributed by atoms with van der Waals surface area (Å²) in [4.78, 5) is 40.8. The second-order valence-electron chi connectivity index (χ2n) is 11.1. The van der Waals surface area contributed by atoms with Crippen molar-refractivity contribution in [3.05, 3.63) is 29.3 Å². The molecule has 1 unspecified atom stereocenters. The van der Waals surface area contributed by atoms with Gasteiger partial charge in [0, 0.05) is 31.1 Å². The van der Waals surface area contributed by atoms with Crippen LogP contribution in [0.4, 0.5) is 4.39 Å². The Kier molecular flexibility index (Phi) is 5.03. The van der Waals surface area contributed by atoms with Crippen LogP contribution < -0.4 is 10.1 Å². The molecule has 7 rings (SSSR count). The summed E-state index contributed by atoms with van der Waals surface area (Å²) in [5.74, 6) is -0.106. The van der Waals surface area contributed by atoms with Gasteiger partial charge < -0.3 is 9.64 Å². The van der Waals surface area contributed by atoms with Gasteiger partial charge in [0.2, 0.25) is 11.8 Å². The Bertz CT molecular complexity index is 1040. The quantitative estimate of drug-likeness (QED) is 0.622. The van der Waals surface area contributed by atoms with Gasteiger partial charge in [0.15, 0.2) is 0 Å². The third-order valence-electron chi connectivity index (χ3n) is 8.69. The fourth-order valence-corrected chi connectivity index (χ4v) is 7.18. The summed E-state index contributed by atoms with van der Waals surface area (Å²) in [6.07, 6.45) is 6.02. The van der Waals surface area contributed by atoms with Crippen LogP contribution in [0.25, 0.3) is 0 Å². The third kappa shape index (κ3) is 3.53. The van der Waals surface area contributed by atoms with Crippen molar-refractivity contribution >= 4 is 17.7 Å². The van der Waals surface area contributed by atoms with Crippen LogP contribution in [-0.4, -0.2) is 64.5 Å². The summed E-state index contributed by atoms with van der Waals surface area (Å²) in [7, 11) is 0. The lowest BCUT2D eigenvalue weighted by Gasteiger charge is -2.67. The molecule has 1 aromatic rings. The molecule has 0 spiro atoms. The molecular formula is C26H32FN3O4. The van der Waals surface area contributed by atoms with Gasteiger partial charge in [-0.1, -0.05) is 6.92 Å². The summed E-state index contributed by atoms with van der Waals surface area (Å²) in [5.41, 5.74) is 0.773. The topological polar surface area (TPSA) is 79.0 Å². The lowest BCUT2D eigenvalue weighted by atomic mass is 9.42. The Morgan fingerprint density at radius 2 is 1.97 bits per heavy atom. The molecule has 4 saturated carbocycles. The van der Waals surface area contributed by atoms with Crippen LogP contribution in [0.3, 0.4) is 0 Å². The SMILES string of the molecule is CCN(CC12CC(F)(C1)C2)[C@@H]1CCC[C@H]1Oc1ccc2c(c1)CN(C1CCC(=O)NC1=O)C2=O. The molecule has 3 amide bonds. The minimum absolute atomic E-state index is 0.0769. The van der Waals surface area contributed by atoms with E-state index in [4.69, 9.17) is 4.74 Å². The average Bonchev–Trinajstić information content (AvgIpc) is 3.34. The average molecular weight is 470 g/mol. The molecular weight excluding hydrogens is 437 g/mol. The number of fused-ring (bicyclic) bond motifs is 1. The Labute approximate surface area is 199 Å². The second kappa shape index (κ2) is 7.77. The molecule has 34 heavy (non-hydrogen) atoms. The molecule has 0 aromatic heterocycles. The lowest BCUT2D eigenvalue weighted by molar-refractivity contribution is -0.224. The summed E-state index contributed by atoms with van der Waals surface area (Å²) in [6.45, 7) is 4.42. The van der Waals surface area contributed by atoms with Crippen LogP contribution in [0.2, 0.25) is 0 Å². The highest BCUT2D eigenvalue weighted by molar-refractivity contribution is 6.05. The van der Waals surface area contributed by atoms with Crippen molar-refractivity contribution in [2.45, 2.75) is 88.7 Å². The van der Waals surface area contributed by atoms with Gasteiger partial charge in [-0.3, -0.25) is 24.6 Å². The van der Waals surface area contributed by atoms with E-state index >= 15 is 0 Å². The van der Waals surface area contributed by atoms with E-state index in [1.54, 1.807) is 11.0 Å². The molecule has 182 valence electrons. The number of nitrogens with zero attached hydrogens (tertiary/aromatic N) is 2. The van der Waals surface area contributed by atoms with Gasteiger partial charge in [0.25, 0.3) is 5.91 Å². The van der Waals surface area contributed by atoms with Gasteiger partial charge >= 0.3 is 0 Å². The van der Waals surface area contributed by atoms with Crippen LogP contribution in [0, 0.1) is 5.41 Å². The first-order valence-corrected chi connectivity index (χ1v) is 12.7. The Balaban J connectivity index is 1.13. The summed E-state index contributed by atoms with van der Waals surface area (Å²) < 4.78 is 20.5. The zero-order chi connectivity index (χ0) is 23.7. The van der Waals surface area contributed by atoms with Crippen LogP contribution >= 0.6 is 0 Å². The number of amides is 3. The largest absolute Gasteiger partial charge is 0.489 e. The van der Waals surface area contributed by atoms with Gasteiger partial charge in [-0.15, -0.1) is 0 Å². The summed E-state index contributed by atoms with van der Waals surface area (Å²) >= 11 is 0. The highest BCUT2D eigenvalue weighted by atomic mass is 19.1. The molecule has 8 heteroatoms. The van der Waals surface area contributed by atoms with E-state index in [0.717, 1.165) is 62.9 Å². The van der Waals surface area contributed by atoms with Crippen LogP contribution in [0.15, 0.2) is 18.2 Å². The summed E-state index contributed by atoms with van der Waals surface area (Å²) in [6, 6.07) is 5.29. The number of rotatable bonds is 7. The number of hydrogen-bond acceptors (Lipinski definition) is 5. The number of hydrogen-bond donors (Lipinski definition) is 1. The van der Waals surface area contributed by atoms with Gasteiger partial charge in [-0.05, 0) is 80.7 Å². The Hall–Kier alpha value is -2.48. The first-order valence-electron chi connectivity index (χ1n) is 12.7. The number of piperidine rings is 1. The Morgan fingerprint density at radius 3 is 2.68 bits per heavy atom. The first-order chi connectivity index (χ1) is 16.3. The van der Waals surface area contributed by atoms with Crippen molar-refractivity contribution in [2.75, 3.05) is 13.1 Å². The summed E-state index contributed by atoms with van der Waals surface area (Å²) in [5, 5.41) is 2.34. The van der Waals surface area contributed by atoms with Crippen LogP contribution in [0.5, 0.6) is 5.75 Å². The predicted molar refractivity (Wildman–Crippen MR) is 122 cm³/mol. The molecule has 3 atom stereocenters. The number of benzene rings is 1. The molecule has 2 aliphatic heterocycles. The van der Waals surface area contributed by atoms with Crippen molar-refractivity contribution in [3.8, 4) is 5.75 Å². The van der Waals surface area contributed by atoms with E-state index in [9.17, 15) is 18.8 Å². The number of carbonyl (C=O) groups excluding carboxylic acids is 3. The minimum Gasteiger partial charge on any atom is -0.489 e. The minimum atomic E-state index is -0.867. The number of carbonyl (C=O) groups is 3. The van der Waals surface area contributed by atoms with E-state index in [2.05, 4.69) is 17.1 Å². The zero-order valence-electron chi connectivity index (χ0n) is 19.6. The van der Waals surface area contributed by atoms with Crippen molar-refractivity contribution in [1.29, 1.82) is 0 Å². The molecule has 1 N–H and O–H groups in total. The maximum Gasteiger partial charge on any atom is 0.255 e. The molecule has 0 radical (unpaired) electrons. The van der Waals surface area contributed by atoms with Crippen molar-refractivity contribution in [2.24, 2.45) is 5.41 Å². The highest BCUT2D eigenvalue weighted by Crippen LogP contribution is 2.69. The van der Waals surface area contributed by atoms with E-state index in [1.807, 2.05) is 12.1 Å². The van der Waals surface area contributed by atoms with Crippen LogP contribution in [0.1, 0.15) is 74.2 Å². The predicted octanol–water partition coefficient (Wildman–Crippen LogP) is 2.96. The van der Waals surface area contributed by atoms with E-state index < -0.39 is 17.6 Å². The maximum atomic E-state index is 14.0. The maximum absolute atomic E-state index is 14.0. The van der Waals surface area contributed by atoms with Crippen molar-refractivity contribution in [3.63, 3.8) is 0 Å². The molecule has 5 fully saturated rings. The molecule has 1 aromatic carbocycles. The first kappa shape index (κ1) is 22.0. The zero-order valence-corrected chi connectivity index (χ0v) is 19.6. The number of nitrogens with one attached hydrogen (secondary N) is 1. The smallest absolute Gasteiger partial charge is 0.255 e. The highest BCUT2D eigenvalue weighted by Gasteiger charge is 2.69. The molecule has 7 nitrogen and oxygen atoms in total. The van der Waals surface area contributed by atoms with E-state index in [-0.39, 0.29) is 29.8 Å². The molecule has 1 saturated heterocycles. The van der Waals surface area contributed by atoms with Crippen molar-refractivity contribution in [1.82, 2.24) is 15.1 Å².